The van der Waals surface area contributed by atoms with Crippen molar-refractivity contribution in [1.29, 1.82) is 0 Å². The SMILES string of the molecule is CCNC(=NCc1ccc(CN2CCOCC2)cc1)NCc1ncc(CC)s1.I. The van der Waals surface area contributed by atoms with E-state index in [9.17, 15) is 0 Å². The van der Waals surface area contributed by atoms with E-state index in [1.807, 2.05) is 6.20 Å². The molecular weight excluding hydrogens is 497 g/mol. The molecule has 0 unspecified atom stereocenters. The minimum Gasteiger partial charge on any atom is -0.379 e. The third kappa shape index (κ3) is 8.19. The van der Waals surface area contributed by atoms with Gasteiger partial charge in [0.05, 0.1) is 26.3 Å². The summed E-state index contributed by atoms with van der Waals surface area (Å²) in [6, 6.07) is 8.78. The molecule has 1 aromatic heterocycles. The van der Waals surface area contributed by atoms with Gasteiger partial charge in [-0.15, -0.1) is 35.3 Å². The highest BCUT2D eigenvalue weighted by atomic mass is 127. The Labute approximate surface area is 195 Å². The van der Waals surface area contributed by atoms with E-state index >= 15 is 0 Å². The lowest BCUT2D eigenvalue weighted by atomic mass is 10.1. The van der Waals surface area contributed by atoms with Crippen molar-refractivity contribution in [3.8, 4) is 0 Å². The Hall–Kier alpha value is -1.23. The molecular formula is C21H32IN5OS. The molecule has 1 saturated heterocycles. The van der Waals surface area contributed by atoms with E-state index in [2.05, 4.69) is 58.6 Å². The van der Waals surface area contributed by atoms with Crippen LogP contribution in [0.15, 0.2) is 35.5 Å². The van der Waals surface area contributed by atoms with Crippen molar-refractivity contribution in [2.45, 2.75) is 39.9 Å². The van der Waals surface area contributed by atoms with E-state index in [1.54, 1.807) is 11.3 Å². The maximum atomic E-state index is 5.41. The molecule has 0 saturated carbocycles. The number of benzene rings is 1. The minimum atomic E-state index is 0. The Kier molecular flexibility index (Phi) is 10.9. The monoisotopic (exact) mass is 529 g/mol. The van der Waals surface area contributed by atoms with Crippen LogP contribution in [0.5, 0.6) is 0 Å². The number of nitrogens with zero attached hydrogens (tertiary/aromatic N) is 3. The molecule has 0 radical (unpaired) electrons. The molecule has 2 aromatic rings. The predicted octanol–water partition coefficient (Wildman–Crippen LogP) is 3.41. The number of guanidine groups is 1. The normalized spacial score (nSPS) is 15.0. The number of aliphatic imine (C=N–C) groups is 1. The van der Waals surface area contributed by atoms with Gasteiger partial charge < -0.3 is 15.4 Å². The van der Waals surface area contributed by atoms with Gasteiger partial charge in [0.1, 0.15) is 5.01 Å². The van der Waals surface area contributed by atoms with E-state index in [4.69, 9.17) is 9.73 Å². The number of aromatic nitrogens is 1. The van der Waals surface area contributed by atoms with Crippen molar-refractivity contribution < 1.29 is 4.74 Å². The molecule has 6 nitrogen and oxygen atoms in total. The number of rotatable bonds is 8. The molecule has 2 N–H and O–H groups in total. The number of hydrogen-bond donors (Lipinski definition) is 2. The van der Waals surface area contributed by atoms with Crippen LogP contribution in [-0.4, -0.2) is 48.7 Å². The molecule has 0 amide bonds. The first-order valence-corrected chi connectivity index (χ1v) is 10.9. The van der Waals surface area contributed by atoms with Crippen LogP contribution < -0.4 is 10.6 Å². The highest BCUT2D eigenvalue weighted by Crippen LogP contribution is 2.13. The summed E-state index contributed by atoms with van der Waals surface area (Å²) in [5, 5.41) is 7.78. The predicted molar refractivity (Wildman–Crippen MR) is 131 cm³/mol. The van der Waals surface area contributed by atoms with Crippen molar-refractivity contribution in [1.82, 2.24) is 20.5 Å². The number of nitrogens with one attached hydrogen (secondary N) is 2. The van der Waals surface area contributed by atoms with Crippen LogP contribution in [-0.2, 0) is 30.8 Å². The van der Waals surface area contributed by atoms with Gasteiger partial charge in [-0.25, -0.2) is 9.98 Å². The van der Waals surface area contributed by atoms with Gasteiger partial charge in [0.15, 0.2) is 5.96 Å². The number of hydrogen-bond acceptors (Lipinski definition) is 5. The van der Waals surface area contributed by atoms with E-state index in [1.165, 1.54) is 16.0 Å². The Bertz CT molecular complexity index is 744. The van der Waals surface area contributed by atoms with Crippen molar-refractivity contribution >= 4 is 41.3 Å². The summed E-state index contributed by atoms with van der Waals surface area (Å²) >= 11 is 1.75. The summed E-state index contributed by atoms with van der Waals surface area (Å²) in [5.41, 5.74) is 2.56. The number of aryl methyl sites for hydroxylation is 1. The molecule has 0 spiro atoms. The van der Waals surface area contributed by atoms with Crippen molar-refractivity contribution in [3.63, 3.8) is 0 Å². The lowest BCUT2D eigenvalue weighted by molar-refractivity contribution is 0.0342. The van der Waals surface area contributed by atoms with Crippen LogP contribution in [0.4, 0.5) is 0 Å². The standard InChI is InChI=1S/C21H31N5OS.HI/c1-3-19-14-23-20(28-19)15-25-21(22-4-2)24-13-17-5-7-18(8-6-17)16-26-9-11-27-12-10-26;/h5-8,14H,3-4,9-13,15-16H2,1-2H3,(H2,22,24,25);1H. The second kappa shape index (κ2) is 13.1. The second-order valence-corrected chi connectivity index (χ2v) is 8.03. The van der Waals surface area contributed by atoms with E-state index in [0.29, 0.717) is 13.1 Å². The highest BCUT2D eigenvalue weighted by molar-refractivity contribution is 14.0. The second-order valence-electron chi connectivity index (χ2n) is 6.83. The van der Waals surface area contributed by atoms with Gasteiger partial charge in [-0.3, -0.25) is 4.90 Å². The molecule has 1 aliphatic heterocycles. The van der Waals surface area contributed by atoms with Gasteiger partial charge >= 0.3 is 0 Å². The summed E-state index contributed by atoms with van der Waals surface area (Å²) in [4.78, 5) is 12.9. The van der Waals surface area contributed by atoms with Gasteiger partial charge in [0.2, 0.25) is 0 Å². The molecule has 0 atom stereocenters. The summed E-state index contributed by atoms with van der Waals surface area (Å²) in [5.74, 6) is 0.827. The fourth-order valence-electron chi connectivity index (χ4n) is 3.03. The van der Waals surface area contributed by atoms with Crippen molar-refractivity contribution in [3.05, 3.63) is 51.5 Å². The molecule has 8 heteroatoms. The molecule has 0 bridgehead atoms. The van der Waals surface area contributed by atoms with E-state index < -0.39 is 0 Å². The van der Waals surface area contributed by atoms with Crippen LogP contribution in [0.25, 0.3) is 0 Å². The largest absolute Gasteiger partial charge is 0.379 e. The molecule has 1 aromatic carbocycles. The first-order valence-electron chi connectivity index (χ1n) is 10.1. The molecule has 2 heterocycles. The average Bonchev–Trinajstić information content (AvgIpc) is 3.20. The summed E-state index contributed by atoms with van der Waals surface area (Å²) in [7, 11) is 0. The molecule has 1 fully saturated rings. The van der Waals surface area contributed by atoms with Crippen LogP contribution in [0.1, 0.15) is 34.9 Å². The number of halogens is 1. The molecule has 0 aliphatic carbocycles. The summed E-state index contributed by atoms with van der Waals surface area (Å²) in [6.45, 7) is 11.1. The first-order chi connectivity index (χ1) is 13.8. The zero-order valence-corrected chi connectivity index (χ0v) is 20.5. The average molecular weight is 529 g/mol. The first kappa shape index (κ1) is 24.0. The highest BCUT2D eigenvalue weighted by Gasteiger charge is 2.10. The zero-order valence-electron chi connectivity index (χ0n) is 17.3. The van der Waals surface area contributed by atoms with Gasteiger partial charge in [-0.05, 0) is 24.5 Å². The molecule has 160 valence electrons. The van der Waals surface area contributed by atoms with Crippen molar-refractivity contribution in [2.24, 2.45) is 4.99 Å². The van der Waals surface area contributed by atoms with Gasteiger partial charge in [0.25, 0.3) is 0 Å². The van der Waals surface area contributed by atoms with Crippen LogP contribution in [0.2, 0.25) is 0 Å². The minimum absolute atomic E-state index is 0. The lowest BCUT2D eigenvalue weighted by Crippen LogP contribution is -2.36. The van der Waals surface area contributed by atoms with Gasteiger partial charge in [-0.1, -0.05) is 31.2 Å². The van der Waals surface area contributed by atoms with E-state index in [0.717, 1.165) is 56.8 Å². The third-order valence-corrected chi connectivity index (χ3v) is 5.80. The van der Waals surface area contributed by atoms with Crippen LogP contribution >= 0.6 is 35.3 Å². The molecule has 3 rings (SSSR count). The number of thiazole rings is 1. The Morgan fingerprint density at radius 1 is 1.14 bits per heavy atom. The summed E-state index contributed by atoms with van der Waals surface area (Å²) in [6.07, 6.45) is 3.00. The maximum Gasteiger partial charge on any atom is 0.191 e. The fraction of sp³-hybridized carbons (Fsp3) is 0.524. The van der Waals surface area contributed by atoms with Crippen LogP contribution in [0.3, 0.4) is 0 Å². The smallest absolute Gasteiger partial charge is 0.191 e. The molecule has 29 heavy (non-hydrogen) atoms. The topological polar surface area (TPSA) is 61.8 Å². The van der Waals surface area contributed by atoms with E-state index in [-0.39, 0.29) is 24.0 Å². The Morgan fingerprint density at radius 2 is 1.86 bits per heavy atom. The summed E-state index contributed by atoms with van der Waals surface area (Å²) < 4.78 is 5.41. The number of morpholine rings is 1. The van der Waals surface area contributed by atoms with Gasteiger partial charge in [-0.2, -0.15) is 0 Å². The van der Waals surface area contributed by atoms with Crippen LogP contribution in [0, 0.1) is 0 Å². The fourth-order valence-corrected chi connectivity index (χ4v) is 3.83. The van der Waals surface area contributed by atoms with Crippen molar-refractivity contribution in [2.75, 3.05) is 32.8 Å². The Balaban J connectivity index is 0.00000300. The third-order valence-electron chi connectivity index (χ3n) is 4.65. The number of ether oxygens (including phenoxy) is 1. The maximum absolute atomic E-state index is 5.41. The zero-order chi connectivity index (χ0) is 19.6. The molecule has 1 aliphatic rings. The lowest BCUT2D eigenvalue weighted by Gasteiger charge is -2.26. The van der Waals surface area contributed by atoms with Gasteiger partial charge in [0, 0.05) is 37.3 Å². The quantitative estimate of drug-likeness (QED) is 0.312. The Morgan fingerprint density at radius 3 is 2.52 bits per heavy atom.